The molecule has 0 atom stereocenters. The van der Waals surface area contributed by atoms with Gasteiger partial charge in [-0.3, -0.25) is 0 Å². The first kappa shape index (κ1) is 17.5. The highest BCUT2D eigenvalue weighted by Gasteiger charge is 2.07. The van der Waals surface area contributed by atoms with Gasteiger partial charge in [-0.1, -0.05) is 56.7 Å². The molecule has 19 heavy (non-hydrogen) atoms. The molecule has 0 saturated carbocycles. The van der Waals surface area contributed by atoms with Crippen LogP contribution in [0.3, 0.4) is 0 Å². The Hall–Kier alpha value is -1.51. The Kier molecular flexibility index (Phi) is 9.59. The van der Waals surface area contributed by atoms with Crippen molar-refractivity contribution < 1.29 is 6.22 Å². The number of nitrogens with zero attached hydrogens (tertiary/aromatic N) is 1. The minimum Gasteiger partial charge on any atom is -0.351 e. The minimum absolute atomic E-state index is 0. The average molecular weight is 266 g/mol. The Bertz CT molecular complexity index is 342. The molecule has 3 nitrogen and oxygen atoms in total. The van der Waals surface area contributed by atoms with E-state index in [2.05, 4.69) is 32.9 Å². The van der Waals surface area contributed by atoms with E-state index in [0.29, 0.717) is 5.92 Å². The van der Waals surface area contributed by atoms with Crippen molar-refractivity contribution in [2.75, 3.05) is 13.1 Å². The summed E-state index contributed by atoms with van der Waals surface area (Å²) < 4.78 is 0. The molecule has 0 aliphatic heterocycles. The van der Waals surface area contributed by atoms with Crippen LogP contribution in [0.25, 0.3) is 0 Å². The van der Waals surface area contributed by atoms with Crippen LogP contribution in [0.4, 0.5) is 4.79 Å². The fourth-order valence-electron chi connectivity index (χ4n) is 1.55. The fourth-order valence-corrected chi connectivity index (χ4v) is 1.55. The number of benzene rings is 1. The van der Waals surface area contributed by atoms with E-state index in [4.69, 9.17) is 5.73 Å². The second-order valence-electron chi connectivity index (χ2n) is 5.16. The van der Waals surface area contributed by atoms with E-state index in [9.17, 15) is 4.79 Å². The highest BCUT2D eigenvalue weighted by atomic mass is 16.2. The number of amides is 2. The Morgan fingerprint density at radius 1 is 1.26 bits per heavy atom. The highest BCUT2D eigenvalue weighted by molar-refractivity contribution is 5.71. The van der Waals surface area contributed by atoms with Crippen molar-refractivity contribution in [3.05, 3.63) is 35.9 Å². The Morgan fingerprint density at radius 2 is 1.84 bits per heavy atom. The second-order valence-corrected chi connectivity index (χ2v) is 5.16. The van der Waals surface area contributed by atoms with Crippen molar-refractivity contribution in [2.24, 2.45) is 11.7 Å². The van der Waals surface area contributed by atoms with Crippen molar-refractivity contribution in [2.45, 2.75) is 40.5 Å². The lowest BCUT2D eigenvalue weighted by Gasteiger charge is -2.20. The molecule has 0 aliphatic carbocycles. The number of nitrogens with two attached hydrogens (primary N) is 1. The third-order valence-corrected chi connectivity index (χ3v) is 2.72. The predicted octanol–water partition coefficient (Wildman–Crippen LogP) is 4.06. The minimum atomic E-state index is -0.294. The third-order valence-electron chi connectivity index (χ3n) is 2.72. The van der Waals surface area contributed by atoms with E-state index in [1.165, 1.54) is 5.56 Å². The van der Waals surface area contributed by atoms with Crippen LogP contribution in [0.15, 0.2) is 30.3 Å². The number of aryl methyl sites for hydroxylation is 1. The van der Waals surface area contributed by atoms with Crippen molar-refractivity contribution in [1.82, 2.24) is 4.90 Å². The summed E-state index contributed by atoms with van der Waals surface area (Å²) in [6.45, 7) is 9.99. The van der Waals surface area contributed by atoms with E-state index in [1.807, 2.05) is 25.1 Å². The molecule has 3 heteroatoms. The third kappa shape index (κ3) is 10.1. The molecule has 0 fully saturated rings. The molecule has 0 heterocycles. The number of primary amides is 1. The smallest absolute Gasteiger partial charge is 0.314 e. The van der Waals surface area contributed by atoms with Gasteiger partial charge in [0.15, 0.2) is 0 Å². The molecule has 1 rings (SSSR count). The Labute approximate surface area is 119 Å². The van der Waals surface area contributed by atoms with Gasteiger partial charge in [0.25, 0.3) is 0 Å². The maximum atomic E-state index is 10.9. The number of hydrogen-bond donors (Lipinski definition) is 1. The number of carbonyl (C=O) groups excluding carboxylic acids is 1. The van der Waals surface area contributed by atoms with Crippen molar-refractivity contribution >= 4 is 6.03 Å². The molecule has 1 aromatic rings. The largest absolute Gasteiger partial charge is 0.351 e. The van der Waals surface area contributed by atoms with Gasteiger partial charge in [0.05, 0.1) is 0 Å². The molecule has 0 aromatic heterocycles. The molecule has 0 aliphatic rings. The summed E-state index contributed by atoms with van der Waals surface area (Å²) in [5.74, 6) is 0.628. The molecule has 0 saturated heterocycles. The fraction of sp³-hybridized carbons (Fsp3) is 0.562. The molecule has 1 aromatic carbocycles. The standard InChI is InChI=1S/C9H20N2O.C7H8.H2/c1-4-6-11(9(10)12)7-5-8(2)3;1-7-5-3-2-4-6-7;/h8H,4-7H2,1-3H3,(H2,10,12);2-6H,1H3;1H. The zero-order valence-electron chi connectivity index (χ0n) is 12.7. The Balaban J connectivity index is 0. The molecule has 2 amide bonds. The second kappa shape index (κ2) is 10.4. The van der Waals surface area contributed by atoms with Crippen LogP contribution in [0, 0.1) is 12.8 Å². The zero-order chi connectivity index (χ0) is 14.7. The summed E-state index contributed by atoms with van der Waals surface area (Å²) in [5, 5.41) is 0. The number of carbonyl (C=O) groups is 1. The van der Waals surface area contributed by atoms with Crippen LogP contribution in [0.5, 0.6) is 0 Å². The van der Waals surface area contributed by atoms with Gasteiger partial charge >= 0.3 is 6.03 Å². The average Bonchev–Trinajstić information content (AvgIpc) is 2.35. The van der Waals surface area contributed by atoms with Gasteiger partial charge in [0.2, 0.25) is 0 Å². The first-order valence-corrected chi connectivity index (χ1v) is 7.03. The normalized spacial score (nSPS) is 9.74. The maximum Gasteiger partial charge on any atom is 0.314 e. The van der Waals surface area contributed by atoms with Crippen molar-refractivity contribution in [1.29, 1.82) is 0 Å². The van der Waals surface area contributed by atoms with Gasteiger partial charge in [0, 0.05) is 14.5 Å². The number of urea groups is 1. The van der Waals surface area contributed by atoms with Gasteiger partial charge < -0.3 is 10.6 Å². The molecule has 0 unspecified atom stereocenters. The molecule has 0 spiro atoms. The van der Waals surface area contributed by atoms with Crippen LogP contribution in [0.2, 0.25) is 0 Å². The summed E-state index contributed by atoms with van der Waals surface area (Å²) >= 11 is 0. The van der Waals surface area contributed by atoms with Crippen LogP contribution in [-0.2, 0) is 0 Å². The summed E-state index contributed by atoms with van der Waals surface area (Å²) in [7, 11) is 0. The summed E-state index contributed by atoms with van der Waals surface area (Å²) in [4.78, 5) is 12.6. The maximum absolute atomic E-state index is 10.9. The lowest BCUT2D eigenvalue weighted by Crippen LogP contribution is -2.37. The van der Waals surface area contributed by atoms with E-state index in [-0.39, 0.29) is 7.46 Å². The summed E-state index contributed by atoms with van der Waals surface area (Å²) in [6.07, 6.45) is 2.00. The van der Waals surface area contributed by atoms with Crippen LogP contribution in [0.1, 0.15) is 40.6 Å². The first-order chi connectivity index (χ1) is 8.97. The van der Waals surface area contributed by atoms with E-state index in [0.717, 1.165) is 25.9 Å². The molecule has 0 radical (unpaired) electrons. The van der Waals surface area contributed by atoms with E-state index in [1.54, 1.807) is 4.90 Å². The molecule has 110 valence electrons. The first-order valence-electron chi connectivity index (χ1n) is 7.03. The summed E-state index contributed by atoms with van der Waals surface area (Å²) in [5.41, 5.74) is 6.52. The Morgan fingerprint density at radius 3 is 2.16 bits per heavy atom. The lowest BCUT2D eigenvalue weighted by molar-refractivity contribution is 0.204. The van der Waals surface area contributed by atoms with Gasteiger partial charge in [-0.05, 0) is 25.7 Å². The van der Waals surface area contributed by atoms with Crippen molar-refractivity contribution in [3.8, 4) is 0 Å². The van der Waals surface area contributed by atoms with Crippen molar-refractivity contribution in [3.63, 3.8) is 0 Å². The SMILES string of the molecule is CCCN(CCC(C)C)C(N)=O.Cc1ccccc1.[HH]. The van der Waals surface area contributed by atoms with E-state index < -0.39 is 0 Å². The molecular weight excluding hydrogens is 236 g/mol. The quantitative estimate of drug-likeness (QED) is 0.858. The number of rotatable bonds is 5. The van der Waals surface area contributed by atoms with Gasteiger partial charge in [-0.25, -0.2) is 4.79 Å². The van der Waals surface area contributed by atoms with Crippen LogP contribution >= 0.6 is 0 Å². The van der Waals surface area contributed by atoms with Gasteiger partial charge in [0.1, 0.15) is 0 Å². The molecule has 2 N–H and O–H groups in total. The van der Waals surface area contributed by atoms with Crippen LogP contribution < -0.4 is 5.73 Å². The predicted molar refractivity (Wildman–Crippen MR) is 84.2 cm³/mol. The number of hydrogen-bond acceptors (Lipinski definition) is 1. The van der Waals surface area contributed by atoms with E-state index >= 15 is 0 Å². The van der Waals surface area contributed by atoms with Gasteiger partial charge in [-0.2, -0.15) is 0 Å². The zero-order valence-corrected chi connectivity index (χ0v) is 12.7. The monoisotopic (exact) mass is 266 g/mol. The molecule has 0 bridgehead atoms. The summed E-state index contributed by atoms with van der Waals surface area (Å²) in [6, 6.07) is 9.97. The topological polar surface area (TPSA) is 46.3 Å². The lowest BCUT2D eigenvalue weighted by atomic mass is 10.1. The van der Waals surface area contributed by atoms with Gasteiger partial charge in [-0.15, -0.1) is 0 Å². The highest BCUT2D eigenvalue weighted by Crippen LogP contribution is 2.02. The molecular formula is C16H30N2O. The van der Waals surface area contributed by atoms with Crippen LogP contribution in [-0.4, -0.2) is 24.0 Å².